The average molecular weight is 224 g/mol. The number of rotatable bonds is 4. The molecular weight excluding hydrogens is 200 g/mol. The molecule has 4 heteroatoms. The predicted molar refractivity (Wildman–Crippen MR) is 67.5 cm³/mol. The van der Waals surface area contributed by atoms with E-state index < -0.39 is 0 Å². The lowest BCUT2D eigenvalue weighted by Crippen LogP contribution is -2.51. The van der Waals surface area contributed by atoms with Gasteiger partial charge in [0.1, 0.15) is 0 Å². The first-order valence-corrected chi connectivity index (χ1v) is 6.57. The van der Waals surface area contributed by atoms with Crippen LogP contribution in [0.2, 0.25) is 0 Å². The maximum Gasteiger partial charge on any atom is 0.191 e. The molecule has 1 aliphatic carbocycles. The smallest absolute Gasteiger partial charge is 0.191 e. The van der Waals surface area contributed by atoms with Crippen LogP contribution in [0, 0.1) is 5.92 Å². The molecule has 1 saturated carbocycles. The molecule has 0 aromatic heterocycles. The molecule has 0 aromatic carbocycles. The van der Waals surface area contributed by atoms with Crippen molar-refractivity contribution in [3.63, 3.8) is 0 Å². The van der Waals surface area contributed by atoms with Crippen molar-refractivity contribution in [1.29, 1.82) is 0 Å². The summed E-state index contributed by atoms with van der Waals surface area (Å²) >= 11 is 0. The molecule has 0 amide bonds. The molecule has 0 atom stereocenters. The third kappa shape index (κ3) is 3.37. The highest BCUT2D eigenvalue weighted by molar-refractivity contribution is 5.78. The molecule has 2 N–H and O–H groups in total. The number of guanidine groups is 1. The fourth-order valence-electron chi connectivity index (χ4n) is 2.15. The van der Waals surface area contributed by atoms with Crippen molar-refractivity contribution in [2.75, 3.05) is 39.3 Å². The monoisotopic (exact) mass is 224 g/mol. The van der Waals surface area contributed by atoms with E-state index in [2.05, 4.69) is 21.7 Å². The molecule has 16 heavy (non-hydrogen) atoms. The summed E-state index contributed by atoms with van der Waals surface area (Å²) in [5, 5.41) is 0. The lowest BCUT2D eigenvalue weighted by atomic mass is 10.3. The van der Waals surface area contributed by atoms with Gasteiger partial charge in [-0.05, 0) is 25.2 Å². The van der Waals surface area contributed by atoms with Crippen LogP contribution in [0.5, 0.6) is 0 Å². The standard InChI is InChI=1S/C12H24N4/c1-2-5-14-12(13)16-8-6-15(7-9-16)10-11-3-4-11/h11H,2-10H2,1H3,(H2,13,14). The van der Waals surface area contributed by atoms with Crippen molar-refractivity contribution >= 4 is 5.96 Å². The minimum Gasteiger partial charge on any atom is -0.370 e. The SMILES string of the molecule is CCCN=C(N)N1CCN(CC2CC2)CC1. The average Bonchev–Trinajstić information content (AvgIpc) is 3.11. The largest absolute Gasteiger partial charge is 0.370 e. The van der Waals surface area contributed by atoms with Crippen LogP contribution in [0.1, 0.15) is 26.2 Å². The summed E-state index contributed by atoms with van der Waals surface area (Å²) < 4.78 is 0. The molecular formula is C12H24N4. The summed E-state index contributed by atoms with van der Waals surface area (Å²) in [5.41, 5.74) is 5.95. The quantitative estimate of drug-likeness (QED) is 0.566. The minimum absolute atomic E-state index is 0.743. The van der Waals surface area contributed by atoms with Gasteiger partial charge in [0.15, 0.2) is 5.96 Å². The Hall–Kier alpha value is -0.770. The summed E-state index contributed by atoms with van der Waals surface area (Å²) in [6.45, 7) is 8.69. The fraction of sp³-hybridized carbons (Fsp3) is 0.917. The van der Waals surface area contributed by atoms with Gasteiger partial charge in [-0.3, -0.25) is 9.89 Å². The molecule has 1 saturated heterocycles. The molecule has 2 fully saturated rings. The van der Waals surface area contributed by atoms with E-state index >= 15 is 0 Å². The second-order valence-corrected chi connectivity index (χ2v) is 4.97. The molecule has 4 nitrogen and oxygen atoms in total. The molecule has 1 aliphatic heterocycles. The van der Waals surface area contributed by atoms with Gasteiger partial charge in [-0.25, -0.2) is 0 Å². The van der Waals surface area contributed by atoms with E-state index in [1.807, 2.05) is 0 Å². The fourth-order valence-corrected chi connectivity index (χ4v) is 2.15. The molecule has 92 valence electrons. The first kappa shape index (κ1) is 11.7. The maximum absolute atomic E-state index is 5.95. The molecule has 0 aromatic rings. The number of aliphatic imine (C=N–C) groups is 1. The lowest BCUT2D eigenvalue weighted by molar-refractivity contribution is 0.175. The zero-order valence-electron chi connectivity index (χ0n) is 10.4. The molecule has 0 unspecified atom stereocenters. The highest BCUT2D eigenvalue weighted by Gasteiger charge is 2.26. The first-order chi connectivity index (χ1) is 7.79. The summed E-state index contributed by atoms with van der Waals surface area (Å²) in [5.74, 6) is 1.74. The van der Waals surface area contributed by atoms with E-state index in [1.165, 1.54) is 19.4 Å². The predicted octanol–water partition coefficient (Wildman–Crippen LogP) is 0.739. The van der Waals surface area contributed by atoms with Gasteiger partial charge in [-0.15, -0.1) is 0 Å². The van der Waals surface area contributed by atoms with Crippen molar-refractivity contribution in [2.45, 2.75) is 26.2 Å². The van der Waals surface area contributed by atoms with Gasteiger partial charge in [0.2, 0.25) is 0 Å². The maximum atomic E-state index is 5.95. The van der Waals surface area contributed by atoms with Gasteiger partial charge in [-0.2, -0.15) is 0 Å². The normalized spacial score (nSPS) is 23.8. The Morgan fingerprint density at radius 1 is 1.25 bits per heavy atom. The van der Waals surface area contributed by atoms with E-state index in [0.717, 1.165) is 51.0 Å². The number of hydrogen-bond acceptors (Lipinski definition) is 2. The van der Waals surface area contributed by atoms with E-state index in [4.69, 9.17) is 5.73 Å². The molecule has 2 rings (SSSR count). The second-order valence-electron chi connectivity index (χ2n) is 4.97. The minimum atomic E-state index is 0.743. The Morgan fingerprint density at radius 2 is 1.94 bits per heavy atom. The van der Waals surface area contributed by atoms with Crippen LogP contribution in [0.3, 0.4) is 0 Å². The Morgan fingerprint density at radius 3 is 2.50 bits per heavy atom. The van der Waals surface area contributed by atoms with Crippen molar-refractivity contribution in [1.82, 2.24) is 9.80 Å². The van der Waals surface area contributed by atoms with Crippen LogP contribution in [-0.2, 0) is 0 Å². The van der Waals surface area contributed by atoms with Crippen LogP contribution in [0.25, 0.3) is 0 Å². The Kier molecular flexibility index (Phi) is 4.04. The van der Waals surface area contributed by atoms with Gasteiger partial charge in [0.25, 0.3) is 0 Å². The molecule has 0 radical (unpaired) electrons. The first-order valence-electron chi connectivity index (χ1n) is 6.57. The summed E-state index contributed by atoms with van der Waals surface area (Å²) in [6, 6.07) is 0. The van der Waals surface area contributed by atoms with Gasteiger partial charge in [0, 0.05) is 39.3 Å². The summed E-state index contributed by atoms with van der Waals surface area (Å²) in [4.78, 5) is 9.16. The van der Waals surface area contributed by atoms with Crippen molar-refractivity contribution < 1.29 is 0 Å². The highest BCUT2D eigenvalue weighted by atomic mass is 15.3. The van der Waals surface area contributed by atoms with Crippen molar-refractivity contribution in [3.8, 4) is 0 Å². The van der Waals surface area contributed by atoms with Crippen molar-refractivity contribution in [2.24, 2.45) is 16.6 Å². The molecule has 2 aliphatic rings. The number of nitrogens with zero attached hydrogens (tertiary/aromatic N) is 3. The number of nitrogens with two attached hydrogens (primary N) is 1. The highest BCUT2D eigenvalue weighted by Crippen LogP contribution is 2.29. The van der Waals surface area contributed by atoms with Gasteiger partial charge in [-0.1, -0.05) is 6.92 Å². The summed E-state index contributed by atoms with van der Waals surface area (Å²) in [7, 11) is 0. The van der Waals surface area contributed by atoms with E-state index in [9.17, 15) is 0 Å². The van der Waals surface area contributed by atoms with Crippen LogP contribution in [0.15, 0.2) is 4.99 Å². The topological polar surface area (TPSA) is 44.9 Å². The Labute approximate surface area is 98.5 Å². The van der Waals surface area contributed by atoms with Crippen LogP contribution < -0.4 is 5.73 Å². The van der Waals surface area contributed by atoms with E-state index in [0.29, 0.717) is 0 Å². The van der Waals surface area contributed by atoms with Gasteiger partial charge < -0.3 is 10.6 Å². The van der Waals surface area contributed by atoms with E-state index in [-0.39, 0.29) is 0 Å². The molecule has 0 bridgehead atoms. The van der Waals surface area contributed by atoms with Crippen LogP contribution in [0.4, 0.5) is 0 Å². The lowest BCUT2D eigenvalue weighted by Gasteiger charge is -2.35. The zero-order valence-corrected chi connectivity index (χ0v) is 10.4. The molecule has 1 heterocycles. The third-order valence-corrected chi connectivity index (χ3v) is 3.41. The Balaban J connectivity index is 1.70. The van der Waals surface area contributed by atoms with Crippen LogP contribution >= 0.6 is 0 Å². The van der Waals surface area contributed by atoms with Crippen LogP contribution in [-0.4, -0.2) is 55.0 Å². The third-order valence-electron chi connectivity index (χ3n) is 3.41. The van der Waals surface area contributed by atoms with Gasteiger partial charge in [0.05, 0.1) is 0 Å². The number of hydrogen-bond donors (Lipinski definition) is 1. The van der Waals surface area contributed by atoms with E-state index in [1.54, 1.807) is 0 Å². The van der Waals surface area contributed by atoms with Crippen molar-refractivity contribution in [3.05, 3.63) is 0 Å². The zero-order chi connectivity index (χ0) is 11.4. The number of piperazine rings is 1. The second kappa shape index (κ2) is 5.53. The van der Waals surface area contributed by atoms with Gasteiger partial charge >= 0.3 is 0 Å². The summed E-state index contributed by atoms with van der Waals surface area (Å²) in [6.07, 6.45) is 3.96. The Bertz CT molecular complexity index is 239. The molecule has 0 spiro atoms.